The van der Waals surface area contributed by atoms with Gasteiger partial charge in [0.05, 0.1) is 0 Å². The molecule has 0 N–H and O–H groups in total. The molecule has 0 aromatic heterocycles. The molecule has 1 fully saturated rings. The second-order valence-corrected chi connectivity index (χ2v) is 7.18. The van der Waals surface area contributed by atoms with Gasteiger partial charge in [0.15, 0.2) is 0 Å². The molecule has 0 amide bonds. The van der Waals surface area contributed by atoms with Crippen molar-refractivity contribution >= 4 is 0 Å². The highest BCUT2D eigenvalue weighted by Gasteiger charge is 2.28. The van der Waals surface area contributed by atoms with Crippen molar-refractivity contribution in [1.29, 1.82) is 0 Å². The van der Waals surface area contributed by atoms with E-state index in [4.69, 9.17) is 0 Å². The van der Waals surface area contributed by atoms with Crippen molar-refractivity contribution < 1.29 is 0 Å². The van der Waals surface area contributed by atoms with E-state index >= 15 is 0 Å². The van der Waals surface area contributed by atoms with E-state index in [9.17, 15) is 0 Å². The Morgan fingerprint density at radius 2 is 1.67 bits per heavy atom. The molecular weight excluding hydrogens is 256 g/mol. The number of hydrogen-bond acceptors (Lipinski definition) is 2. The van der Waals surface area contributed by atoms with Gasteiger partial charge in [-0.2, -0.15) is 0 Å². The first-order valence-corrected chi connectivity index (χ1v) is 8.49. The molecule has 118 valence electrons. The fourth-order valence-electron chi connectivity index (χ4n) is 3.41. The van der Waals surface area contributed by atoms with Gasteiger partial charge in [0.1, 0.15) is 0 Å². The first kappa shape index (κ1) is 16.5. The SMILES string of the molecule is CC(C)c1cccc([C@@H](C)N2CCN(C(C)C)C[C@@H]2C)c1. The highest BCUT2D eigenvalue weighted by atomic mass is 15.3. The van der Waals surface area contributed by atoms with Gasteiger partial charge in [-0.1, -0.05) is 38.1 Å². The summed E-state index contributed by atoms with van der Waals surface area (Å²) in [4.78, 5) is 5.26. The van der Waals surface area contributed by atoms with E-state index in [1.165, 1.54) is 30.8 Å². The van der Waals surface area contributed by atoms with Crippen molar-refractivity contribution in [3.05, 3.63) is 35.4 Å². The van der Waals surface area contributed by atoms with Gasteiger partial charge in [-0.15, -0.1) is 0 Å². The number of rotatable bonds is 4. The molecule has 1 aliphatic rings. The number of piperazine rings is 1. The Morgan fingerprint density at radius 1 is 1.00 bits per heavy atom. The first-order valence-electron chi connectivity index (χ1n) is 8.49. The van der Waals surface area contributed by atoms with Gasteiger partial charge < -0.3 is 0 Å². The molecule has 2 heteroatoms. The second kappa shape index (κ2) is 6.93. The molecule has 0 aliphatic carbocycles. The lowest BCUT2D eigenvalue weighted by Gasteiger charge is -2.44. The van der Waals surface area contributed by atoms with E-state index < -0.39 is 0 Å². The van der Waals surface area contributed by atoms with Crippen LogP contribution < -0.4 is 0 Å². The Hall–Kier alpha value is -0.860. The standard InChI is InChI=1S/C19H32N2/c1-14(2)18-8-7-9-19(12-18)17(6)21-11-10-20(15(3)4)13-16(21)5/h7-9,12,14-17H,10-11,13H2,1-6H3/t16-,17+/m0/s1. The first-order chi connectivity index (χ1) is 9.90. The van der Waals surface area contributed by atoms with Gasteiger partial charge in [-0.25, -0.2) is 0 Å². The smallest absolute Gasteiger partial charge is 0.0323 e. The summed E-state index contributed by atoms with van der Waals surface area (Å²) in [5, 5.41) is 0. The van der Waals surface area contributed by atoms with Crippen LogP contribution in [0.3, 0.4) is 0 Å². The van der Waals surface area contributed by atoms with Crippen LogP contribution in [-0.4, -0.2) is 41.5 Å². The molecule has 21 heavy (non-hydrogen) atoms. The minimum Gasteiger partial charge on any atom is -0.298 e. The molecule has 1 aliphatic heterocycles. The van der Waals surface area contributed by atoms with Crippen molar-refractivity contribution in [1.82, 2.24) is 9.80 Å². The molecule has 1 saturated heterocycles. The van der Waals surface area contributed by atoms with E-state index in [1.54, 1.807) is 0 Å². The van der Waals surface area contributed by atoms with Crippen LogP contribution in [0.1, 0.15) is 64.6 Å². The van der Waals surface area contributed by atoms with Crippen LogP contribution in [-0.2, 0) is 0 Å². The normalized spacial score (nSPS) is 23.0. The van der Waals surface area contributed by atoms with Crippen LogP contribution in [0.15, 0.2) is 24.3 Å². The molecule has 0 radical (unpaired) electrons. The van der Waals surface area contributed by atoms with E-state index in [1.807, 2.05) is 0 Å². The summed E-state index contributed by atoms with van der Waals surface area (Å²) in [5.41, 5.74) is 2.92. The lowest BCUT2D eigenvalue weighted by molar-refractivity contribution is 0.0393. The van der Waals surface area contributed by atoms with Crippen LogP contribution in [0.5, 0.6) is 0 Å². The Bertz CT molecular complexity index is 453. The maximum atomic E-state index is 2.66. The van der Waals surface area contributed by atoms with Crippen LogP contribution in [0.25, 0.3) is 0 Å². The molecule has 2 rings (SSSR count). The van der Waals surface area contributed by atoms with Crippen LogP contribution >= 0.6 is 0 Å². The molecule has 0 saturated carbocycles. The Kier molecular flexibility index (Phi) is 5.45. The maximum Gasteiger partial charge on any atom is 0.0323 e. The highest BCUT2D eigenvalue weighted by molar-refractivity contribution is 5.28. The zero-order valence-corrected chi connectivity index (χ0v) is 14.6. The van der Waals surface area contributed by atoms with Crippen LogP contribution in [0, 0.1) is 0 Å². The quantitative estimate of drug-likeness (QED) is 0.815. The second-order valence-electron chi connectivity index (χ2n) is 7.18. The lowest BCUT2D eigenvalue weighted by Crippen LogP contribution is -2.54. The average Bonchev–Trinajstić information content (AvgIpc) is 2.46. The molecule has 0 bridgehead atoms. The molecule has 0 unspecified atom stereocenters. The van der Waals surface area contributed by atoms with Gasteiger partial charge in [0.25, 0.3) is 0 Å². The average molecular weight is 288 g/mol. The number of benzene rings is 1. The highest BCUT2D eigenvalue weighted by Crippen LogP contribution is 2.27. The third-order valence-corrected chi connectivity index (χ3v) is 5.00. The predicted octanol–water partition coefficient (Wildman–Crippen LogP) is 4.29. The van der Waals surface area contributed by atoms with Gasteiger partial charge >= 0.3 is 0 Å². The molecule has 1 aromatic rings. The van der Waals surface area contributed by atoms with Crippen molar-refractivity contribution in [2.45, 2.75) is 65.6 Å². The summed E-state index contributed by atoms with van der Waals surface area (Å²) in [6.45, 7) is 17.4. The van der Waals surface area contributed by atoms with E-state index in [0.29, 0.717) is 24.0 Å². The number of nitrogens with zero attached hydrogens (tertiary/aromatic N) is 2. The fourth-order valence-corrected chi connectivity index (χ4v) is 3.41. The van der Waals surface area contributed by atoms with Gasteiger partial charge in [0, 0.05) is 37.8 Å². The van der Waals surface area contributed by atoms with Gasteiger partial charge in [0.2, 0.25) is 0 Å². The molecule has 1 heterocycles. The largest absolute Gasteiger partial charge is 0.298 e. The summed E-state index contributed by atoms with van der Waals surface area (Å²) < 4.78 is 0. The Balaban J connectivity index is 2.10. The van der Waals surface area contributed by atoms with Crippen molar-refractivity contribution in [2.75, 3.05) is 19.6 Å². The number of hydrogen-bond donors (Lipinski definition) is 0. The van der Waals surface area contributed by atoms with Gasteiger partial charge in [-0.3, -0.25) is 9.80 Å². The zero-order chi connectivity index (χ0) is 15.6. The Labute approximate surface area is 131 Å². The zero-order valence-electron chi connectivity index (χ0n) is 14.6. The molecule has 2 nitrogen and oxygen atoms in total. The lowest BCUT2D eigenvalue weighted by atomic mass is 9.96. The minimum atomic E-state index is 0.507. The molecule has 1 aromatic carbocycles. The van der Waals surface area contributed by atoms with Crippen LogP contribution in [0.2, 0.25) is 0 Å². The monoisotopic (exact) mass is 288 g/mol. The predicted molar refractivity (Wildman–Crippen MR) is 91.8 cm³/mol. The molecule has 0 spiro atoms. The third kappa shape index (κ3) is 3.87. The van der Waals surface area contributed by atoms with Crippen molar-refractivity contribution in [3.8, 4) is 0 Å². The topological polar surface area (TPSA) is 6.48 Å². The third-order valence-electron chi connectivity index (χ3n) is 5.00. The van der Waals surface area contributed by atoms with E-state index in [0.717, 1.165) is 0 Å². The van der Waals surface area contributed by atoms with E-state index in [2.05, 4.69) is 75.6 Å². The van der Waals surface area contributed by atoms with Crippen molar-refractivity contribution in [3.63, 3.8) is 0 Å². The Morgan fingerprint density at radius 3 is 2.24 bits per heavy atom. The van der Waals surface area contributed by atoms with E-state index in [-0.39, 0.29) is 0 Å². The molecular formula is C19H32N2. The fraction of sp³-hybridized carbons (Fsp3) is 0.684. The van der Waals surface area contributed by atoms with Crippen LogP contribution in [0.4, 0.5) is 0 Å². The summed E-state index contributed by atoms with van der Waals surface area (Å²) >= 11 is 0. The minimum absolute atomic E-state index is 0.507. The summed E-state index contributed by atoms with van der Waals surface area (Å²) in [6, 6.07) is 11.0. The summed E-state index contributed by atoms with van der Waals surface area (Å²) in [7, 11) is 0. The summed E-state index contributed by atoms with van der Waals surface area (Å²) in [6.07, 6.45) is 0. The summed E-state index contributed by atoms with van der Waals surface area (Å²) in [5.74, 6) is 0.604. The van der Waals surface area contributed by atoms with Crippen molar-refractivity contribution in [2.24, 2.45) is 0 Å². The maximum absolute atomic E-state index is 2.66. The van der Waals surface area contributed by atoms with Gasteiger partial charge in [-0.05, 0) is 44.7 Å². The molecule has 2 atom stereocenters.